The van der Waals surface area contributed by atoms with E-state index in [1.165, 1.54) is 12.1 Å². The van der Waals surface area contributed by atoms with E-state index in [1.54, 1.807) is 61.5 Å². The van der Waals surface area contributed by atoms with Crippen LogP contribution in [0.2, 0.25) is 15.1 Å². The molecule has 1 aliphatic rings. The molecular weight excluding hydrogens is 499 g/mol. The summed E-state index contributed by atoms with van der Waals surface area (Å²) in [5.41, 5.74) is 2.14. The van der Waals surface area contributed by atoms with E-state index in [-0.39, 0.29) is 12.2 Å². The van der Waals surface area contributed by atoms with Crippen molar-refractivity contribution < 1.29 is 19.1 Å². The number of carbonyl (C=O) groups excluding carboxylic acids is 3. The molecule has 1 aliphatic heterocycles. The van der Waals surface area contributed by atoms with Gasteiger partial charge in [-0.2, -0.15) is 0 Å². The molecule has 0 unspecified atom stereocenters. The highest BCUT2D eigenvalue weighted by molar-refractivity contribution is 6.39. The monoisotopic (exact) mass is 514 g/mol. The minimum atomic E-state index is -0.831. The third-order valence-corrected chi connectivity index (χ3v) is 5.94. The highest BCUT2D eigenvalue weighted by atomic mass is 35.5. The lowest BCUT2D eigenvalue weighted by atomic mass is 10.1. The van der Waals surface area contributed by atoms with Crippen molar-refractivity contribution >= 4 is 64.4 Å². The number of ether oxygens (including phenoxy) is 1. The van der Waals surface area contributed by atoms with Crippen LogP contribution >= 0.6 is 34.8 Å². The summed E-state index contributed by atoms with van der Waals surface area (Å²) in [6, 6.07) is 15.9. The van der Waals surface area contributed by atoms with Crippen LogP contribution in [0.5, 0.6) is 5.75 Å². The molecule has 0 spiro atoms. The van der Waals surface area contributed by atoms with Gasteiger partial charge in [-0.15, -0.1) is 0 Å². The highest BCUT2D eigenvalue weighted by Crippen LogP contribution is 2.28. The van der Waals surface area contributed by atoms with Gasteiger partial charge in [-0.3, -0.25) is 14.9 Å². The maximum absolute atomic E-state index is 13.1. The smallest absolute Gasteiger partial charge is 0.335 e. The van der Waals surface area contributed by atoms with E-state index in [2.05, 4.69) is 5.32 Å². The van der Waals surface area contributed by atoms with Crippen molar-refractivity contribution in [3.63, 3.8) is 0 Å². The largest absolute Gasteiger partial charge is 0.489 e. The van der Waals surface area contributed by atoms with E-state index >= 15 is 0 Å². The molecule has 0 saturated carbocycles. The van der Waals surface area contributed by atoms with Gasteiger partial charge in [0.25, 0.3) is 11.8 Å². The molecule has 4 rings (SSSR count). The molecule has 1 fully saturated rings. The molecule has 0 aliphatic carbocycles. The molecule has 0 radical (unpaired) electrons. The molecule has 9 heteroatoms. The summed E-state index contributed by atoms with van der Waals surface area (Å²) >= 11 is 18.1. The Labute approximate surface area is 210 Å². The van der Waals surface area contributed by atoms with Gasteiger partial charge in [0, 0.05) is 20.6 Å². The summed E-state index contributed by atoms with van der Waals surface area (Å²) < 4.78 is 5.75. The van der Waals surface area contributed by atoms with Gasteiger partial charge in [0.1, 0.15) is 17.9 Å². The first-order valence-corrected chi connectivity index (χ1v) is 11.2. The van der Waals surface area contributed by atoms with Crippen LogP contribution in [0.3, 0.4) is 0 Å². The molecule has 1 heterocycles. The Kier molecular flexibility index (Phi) is 6.93. The lowest BCUT2D eigenvalue weighted by Gasteiger charge is -2.27. The molecule has 6 nitrogen and oxygen atoms in total. The number of nitrogens with zero attached hydrogens (tertiary/aromatic N) is 1. The van der Waals surface area contributed by atoms with E-state index < -0.39 is 17.8 Å². The predicted molar refractivity (Wildman–Crippen MR) is 132 cm³/mol. The van der Waals surface area contributed by atoms with Crippen molar-refractivity contribution in [2.45, 2.75) is 13.5 Å². The van der Waals surface area contributed by atoms with Crippen molar-refractivity contribution in [3.05, 3.63) is 98.0 Å². The number of imide groups is 2. The summed E-state index contributed by atoms with van der Waals surface area (Å²) in [5.74, 6) is -0.945. The summed E-state index contributed by atoms with van der Waals surface area (Å²) in [6.07, 6.45) is 1.41. The number of rotatable bonds is 5. The number of urea groups is 1. The lowest BCUT2D eigenvalue weighted by Crippen LogP contribution is -2.54. The maximum Gasteiger partial charge on any atom is 0.335 e. The molecule has 4 amide bonds. The predicted octanol–water partition coefficient (Wildman–Crippen LogP) is 6.20. The first-order chi connectivity index (χ1) is 16.2. The molecule has 0 aromatic heterocycles. The molecule has 0 atom stereocenters. The van der Waals surface area contributed by atoms with E-state index in [1.807, 2.05) is 0 Å². The number of aryl methyl sites for hydroxylation is 1. The SMILES string of the molecule is Cc1ccc(Cl)cc1N1C(=O)NC(=O)/C(=C\c2ccc(OCc3ccc(Cl)cc3Cl)cc2)C1=O. The highest BCUT2D eigenvalue weighted by Gasteiger charge is 2.37. The zero-order chi connectivity index (χ0) is 24.4. The van der Waals surface area contributed by atoms with Crippen molar-refractivity contribution in [3.8, 4) is 5.75 Å². The fourth-order valence-electron chi connectivity index (χ4n) is 3.33. The second-order valence-electron chi connectivity index (χ2n) is 7.48. The molecule has 1 saturated heterocycles. The van der Waals surface area contributed by atoms with E-state index in [0.29, 0.717) is 37.6 Å². The number of hydrogen-bond acceptors (Lipinski definition) is 4. The van der Waals surface area contributed by atoms with Crippen LogP contribution in [0.15, 0.2) is 66.2 Å². The summed E-state index contributed by atoms with van der Waals surface area (Å²) in [6.45, 7) is 1.98. The summed E-state index contributed by atoms with van der Waals surface area (Å²) in [5, 5.41) is 3.61. The topological polar surface area (TPSA) is 75.7 Å². The van der Waals surface area contributed by atoms with Gasteiger partial charge in [0.05, 0.1) is 5.69 Å². The van der Waals surface area contributed by atoms with E-state index in [9.17, 15) is 14.4 Å². The average molecular weight is 516 g/mol. The van der Waals surface area contributed by atoms with E-state index in [4.69, 9.17) is 39.5 Å². The molecule has 34 heavy (non-hydrogen) atoms. The summed E-state index contributed by atoms with van der Waals surface area (Å²) in [4.78, 5) is 38.8. The molecule has 1 N–H and O–H groups in total. The number of carbonyl (C=O) groups is 3. The van der Waals surface area contributed by atoms with Crippen LogP contribution in [0.4, 0.5) is 10.5 Å². The third kappa shape index (κ3) is 5.09. The second-order valence-corrected chi connectivity index (χ2v) is 8.76. The quantitative estimate of drug-likeness (QED) is 0.324. The van der Waals surface area contributed by atoms with Gasteiger partial charge in [0.2, 0.25) is 0 Å². The van der Waals surface area contributed by atoms with Gasteiger partial charge >= 0.3 is 6.03 Å². The Morgan fingerprint density at radius 1 is 0.912 bits per heavy atom. The van der Waals surface area contributed by atoms with Crippen LogP contribution in [0.1, 0.15) is 16.7 Å². The normalized spacial score (nSPS) is 15.0. The van der Waals surface area contributed by atoms with Crippen molar-refractivity contribution in [2.24, 2.45) is 0 Å². The zero-order valence-electron chi connectivity index (χ0n) is 17.8. The van der Waals surface area contributed by atoms with Gasteiger partial charge < -0.3 is 4.74 Å². The number of barbiturate groups is 1. The van der Waals surface area contributed by atoms with Crippen molar-refractivity contribution in [1.29, 1.82) is 0 Å². The zero-order valence-corrected chi connectivity index (χ0v) is 20.0. The Morgan fingerprint density at radius 2 is 1.59 bits per heavy atom. The van der Waals surface area contributed by atoms with Crippen molar-refractivity contribution in [1.82, 2.24) is 5.32 Å². The number of benzene rings is 3. The van der Waals surface area contributed by atoms with Crippen LogP contribution in [-0.2, 0) is 16.2 Å². The summed E-state index contributed by atoms with van der Waals surface area (Å²) in [7, 11) is 0. The first-order valence-electron chi connectivity index (χ1n) is 10.1. The number of hydrogen-bond donors (Lipinski definition) is 1. The standard InChI is InChI=1S/C25H17Cl3N2O4/c1-14-2-6-18(27)12-22(14)30-24(32)20(23(31)29-25(30)33)10-15-3-8-19(9-4-15)34-13-16-5-7-17(26)11-21(16)28/h2-12H,13H2,1H3,(H,29,31,33)/b20-10+. The van der Waals surface area contributed by atoms with Gasteiger partial charge in [0.15, 0.2) is 0 Å². The Morgan fingerprint density at radius 3 is 2.29 bits per heavy atom. The van der Waals surface area contributed by atoms with Gasteiger partial charge in [-0.1, -0.05) is 59.1 Å². The molecule has 0 bridgehead atoms. The Hall–Kier alpha value is -3.32. The van der Waals surface area contributed by atoms with Crippen LogP contribution in [0, 0.1) is 6.92 Å². The van der Waals surface area contributed by atoms with Crippen LogP contribution in [-0.4, -0.2) is 17.8 Å². The van der Waals surface area contributed by atoms with Crippen molar-refractivity contribution in [2.75, 3.05) is 4.90 Å². The minimum absolute atomic E-state index is 0.180. The van der Waals surface area contributed by atoms with Gasteiger partial charge in [-0.05, 0) is 60.5 Å². The second kappa shape index (κ2) is 9.89. The fraction of sp³-hybridized carbons (Fsp3) is 0.0800. The number of anilines is 1. The third-order valence-electron chi connectivity index (χ3n) is 5.11. The fourth-order valence-corrected chi connectivity index (χ4v) is 3.96. The van der Waals surface area contributed by atoms with Crippen LogP contribution in [0.25, 0.3) is 6.08 Å². The number of halogens is 3. The lowest BCUT2D eigenvalue weighted by molar-refractivity contribution is -0.122. The Bertz CT molecular complexity index is 1340. The molecule has 3 aromatic rings. The average Bonchev–Trinajstić information content (AvgIpc) is 2.79. The Balaban J connectivity index is 1.54. The molecular formula is C25H17Cl3N2O4. The molecule has 172 valence electrons. The van der Waals surface area contributed by atoms with E-state index in [0.717, 1.165) is 10.5 Å². The number of nitrogens with one attached hydrogen (secondary N) is 1. The maximum atomic E-state index is 13.1. The minimum Gasteiger partial charge on any atom is -0.489 e. The number of amides is 4. The first kappa shape index (κ1) is 23.8. The van der Waals surface area contributed by atoms with Crippen LogP contribution < -0.4 is 15.0 Å². The van der Waals surface area contributed by atoms with Gasteiger partial charge in [-0.25, -0.2) is 9.69 Å². The molecule has 3 aromatic carbocycles.